The molecule has 0 spiro atoms. The average Bonchev–Trinajstić information content (AvgIpc) is 3.23. The Kier molecular flexibility index (Phi) is 3.83. The molecule has 3 heterocycles. The third-order valence-corrected chi connectivity index (χ3v) is 4.92. The molecule has 0 bridgehead atoms. The van der Waals surface area contributed by atoms with Crippen molar-refractivity contribution in [3.63, 3.8) is 0 Å². The van der Waals surface area contributed by atoms with Crippen LogP contribution in [0.2, 0.25) is 5.02 Å². The van der Waals surface area contributed by atoms with Crippen molar-refractivity contribution in [2.75, 3.05) is 13.1 Å². The van der Waals surface area contributed by atoms with Gasteiger partial charge in [0.05, 0.1) is 17.1 Å². The van der Waals surface area contributed by atoms with E-state index in [0.717, 1.165) is 53.6 Å². The topological polar surface area (TPSA) is 49.7 Å². The van der Waals surface area contributed by atoms with Gasteiger partial charge in [-0.15, -0.1) is 0 Å². The zero-order valence-corrected chi connectivity index (χ0v) is 13.9. The number of hydrogen-bond donors (Lipinski definition) is 1. The highest BCUT2D eigenvalue weighted by Crippen LogP contribution is 2.31. The van der Waals surface area contributed by atoms with Gasteiger partial charge in [0.25, 0.3) is 0 Å². The Bertz CT molecular complexity index is 821. The van der Waals surface area contributed by atoms with Gasteiger partial charge in [-0.1, -0.05) is 11.6 Å². The third kappa shape index (κ3) is 2.86. The van der Waals surface area contributed by atoms with Gasteiger partial charge in [0, 0.05) is 37.4 Å². The summed E-state index contributed by atoms with van der Waals surface area (Å²) >= 11 is 6.07. The maximum absolute atomic E-state index is 6.07. The molecule has 4 rings (SSSR count). The molecule has 1 fully saturated rings. The van der Waals surface area contributed by atoms with Crippen molar-refractivity contribution >= 4 is 22.6 Å². The Balaban J connectivity index is 1.53. The molecular formula is C17H20ClN5. The largest absolute Gasteiger partial charge is 0.341 e. The number of hydrogen-bond acceptors (Lipinski definition) is 3. The van der Waals surface area contributed by atoms with E-state index in [1.807, 2.05) is 37.6 Å². The number of likely N-dealkylation sites (tertiary alicyclic amines) is 1. The Morgan fingerprint density at radius 1 is 1.39 bits per heavy atom. The molecule has 0 radical (unpaired) electrons. The molecule has 1 aliphatic heterocycles. The minimum Gasteiger partial charge on any atom is -0.341 e. The number of halogens is 1. The maximum atomic E-state index is 6.07. The Hall–Kier alpha value is -1.85. The first-order valence-corrected chi connectivity index (χ1v) is 8.44. The summed E-state index contributed by atoms with van der Waals surface area (Å²) in [6.07, 6.45) is 7.18. The van der Waals surface area contributed by atoms with E-state index < -0.39 is 0 Å². The summed E-state index contributed by atoms with van der Waals surface area (Å²) in [4.78, 5) is 15.2. The van der Waals surface area contributed by atoms with Gasteiger partial charge in [0.1, 0.15) is 11.6 Å². The molecule has 2 aromatic heterocycles. The minimum absolute atomic E-state index is 0.362. The zero-order valence-electron chi connectivity index (χ0n) is 13.2. The molecule has 1 N–H and O–H groups in total. The van der Waals surface area contributed by atoms with Crippen molar-refractivity contribution < 1.29 is 0 Å². The van der Waals surface area contributed by atoms with E-state index in [4.69, 9.17) is 16.6 Å². The van der Waals surface area contributed by atoms with Crippen molar-refractivity contribution in [3.05, 3.63) is 47.3 Å². The Morgan fingerprint density at radius 2 is 2.30 bits per heavy atom. The molecule has 23 heavy (non-hydrogen) atoms. The van der Waals surface area contributed by atoms with Gasteiger partial charge >= 0.3 is 0 Å². The van der Waals surface area contributed by atoms with E-state index in [1.165, 1.54) is 6.42 Å². The highest BCUT2D eigenvalue weighted by Gasteiger charge is 2.28. The first-order valence-electron chi connectivity index (χ1n) is 8.06. The van der Waals surface area contributed by atoms with Crippen molar-refractivity contribution in [3.8, 4) is 0 Å². The summed E-state index contributed by atoms with van der Waals surface area (Å²) in [5.41, 5.74) is 2.00. The van der Waals surface area contributed by atoms with Crippen molar-refractivity contribution in [1.29, 1.82) is 0 Å². The van der Waals surface area contributed by atoms with Crippen molar-refractivity contribution in [2.24, 2.45) is 7.05 Å². The SMILES string of the molecule is Cn1ccnc1CCN1CCCC1c1nc2ccc(Cl)cc2[nH]1. The van der Waals surface area contributed by atoms with Gasteiger partial charge in [-0.05, 0) is 37.6 Å². The van der Waals surface area contributed by atoms with E-state index in [9.17, 15) is 0 Å². The summed E-state index contributed by atoms with van der Waals surface area (Å²) in [5, 5.41) is 0.741. The van der Waals surface area contributed by atoms with Crippen LogP contribution in [0.3, 0.4) is 0 Å². The molecule has 1 saturated heterocycles. The molecule has 0 aliphatic carbocycles. The van der Waals surface area contributed by atoms with E-state index in [1.54, 1.807) is 0 Å². The molecule has 120 valence electrons. The number of benzene rings is 1. The fourth-order valence-corrected chi connectivity index (χ4v) is 3.62. The number of rotatable bonds is 4. The molecule has 0 amide bonds. The van der Waals surface area contributed by atoms with Crippen LogP contribution in [0, 0.1) is 0 Å². The van der Waals surface area contributed by atoms with Gasteiger partial charge in [0.15, 0.2) is 0 Å². The smallest absolute Gasteiger partial charge is 0.124 e. The molecule has 1 aliphatic rings. The number of nitrogens with one attached hydrogen (secondary N) is 1. The molecule has 1 unspecified atom stereocenters. The Labute approximate surface area is 140 Å². The second kappa shape index (κ2) is 5.98. The summed E-state index contributed by atoms with van der Waals surface area (Å²) in [6, 6.07) is 6.18. The molecule has 6 heteroatoms. The van der Waals surface area contributed by atoms with E-state index in [0.29, 0.717) is 6.04 Å². The van der Waals surface area contributed by atoms with Crippen molar-refractivity contribution in [2.45, 2.75) is 25.3 Å². The standard InChI is InChI=1S/C17H20ClN5/c1-22-10-7-19-16(22)6-9-23-8-2-3-15(23)17-20-13-5-4-12(18)11-14(13)21-17/h4-5,7,10-11,15H,2-3,6,8-9H2,1H3,(H,20,21). The fourth-order valence-electron chi connectivity index (χ4n) is 3.44. The number of imidazole rings is 2. The summed E-state index contributed by atoms with van der Waals surface area (Å²) < 4.78 is 2.09. The average molecular weight is 330 g/mol. The summed E-state index contributed by atoms with van der Waals surface area (Å²) in [6.45, 7) is 2.13. The predicted octanol–water partition coefficient (Wildman–Crippen LogP) is 3.33. The van der Waals surface area contributed by atoms with Gasteiger partial charge in [-0.2, -0.15) is 0 Å². The lowest BCUT2D eigenvalue weighted by atomic mass is 10.2. The molecular weight excluding hydrogens is 310 g/mol. The lowest BCUT2D eigenvalue weighted by molar-refractivity contribution is 0.251. The van der Waals surface area contributed by atoms with Gasteiger partial charge in [0.2, 0.25) is 0 Å². The van der Waals surface area contributed by atoms with Crippen LogP contribution in [0.1, 0.15) is 30.5 Å². The lowest BCUT2D eigenvalue weighted by Gasteiger charge is -2.22. The zero-order chi connectivity index (χ0) is 15.8. The first kappa shape index (κ1) is 14.7. The quantitative estimate of drug-likeness (QED) is 0.798. The van der Waals surface area contributed by atoms with Crippen LogP contribution in [0.25, 0.3) is 11.0 Å². The van der Waals surface area contributed by atoms with Gasteiger partial charge in [-0.25, -0.2) is 9.97 Å². The molecule has 0 saturated carbocycles. The second-order valence-corrected chi connectivity index (χ2v) is 6.62. The maximum Gasteiger partial charge on any atom is 0.124 e. The van der Waals surface area contributed by atoms with Crippen LogP contribution in [0.4, 0.5) is 0 Å². The fraction of sp³-hybridized carbons (Fsp3) is 0.412. The van der Waals surface area contributed by atoms with Crippen LogP contribution < -0.4 is 0 Å². The van der Waals surface area contributed by atoms with E-state index in [2.05, 4.69) is 19.4 Å². The number of nitrogens with zero attached hydrogens (tertiary/aromatic N) is 4. The van der Waals surface area contributed by atoms with E-state index in [-0.39, 0.29) is 0 Å². The van der Waals surface area contributed by atoms with Crippen LogP contribution >= 0.6 is 11.6 Å². The van der Waals surface area contributed by atoms with Crippen LogP contribution in [-0.4, -0.2) is 37.5 Å². The summed E-state index contributed by atoms with van der Waals surface area (Å²) in [5.74, 6) is 2.19. The minimum atomic E-state index is 0.362. The second-order valence-electron chi connectivity index (χ2n) is 6.18. The number of fused-ring (bicyclic) bond motifs is 1. The van der Waals surface area contributed by atoms with Crippen LogP contribution in [0.5, 0.6) is 0 Å². The Morgan fingerprint density at radius 3 is 3.13 bits per heavy atom. The highest BCUT2D eigenvalue weighted by molar-refractivity contribution is 6.31. The molecule has 1 atom stereocenters. The van der Waals surface area contributed by atoms with Gasteiger partial charge in [-0.3, -0.25) is 4.90 Å². The normalized spacial score (nSPS) is 19.0. The van der Waals surface area contributed by atoms with Gasteiger partial charge < -0.3 is 9.55 Å². The third-order valence-electron chi connectivity index (χ3n) is 4.69. The number of aromatic nitrogens is 4. The van der Waals surface area contributed by atoms with Crippen LogP contribution in [0.15, 0.2) is 30.6 Å². The molecule has 5 nitrogen and oxygen atoms in total. The monoisotopic (exact) mass is 329 g/mol. The van der Waals surface area contributed by atoms with E-state index >= 15 is 0 Å². The lowest BCUT2D eigenvalue weighted by Crippen LogP contribution is -2.27. The van der Waals surface area contributed by atoms with Crippen LogP contribution in [-0.2, 0) is 13.5 Å². The number of aryl methyl sites for hydroxylation is 1. The molecule has 3 aromatic rings. The molecule has 1 aromatic carbocycles. The first-order chi connectivity index (χ1) is 11.2. The number of H-pyrrole nitrogens is 1. The highest BCUT2D eigenvalue weighted by atomic mass is 35.5. The summed E-state index contributed by atoms with van der Waals surface area (Å²) in [7, 11) is 2.05. The number of aromatic amines is 1. The predicted molar refractivity (Wildman–Crippen MR) is 91.6 cm³/mol. The van der Waals surface area contributed by atoms with Crippen molar-refractivity contribution in [1.82, 2.24) is 24.4 Å².